The van der Waals surface area contributed by atoms with Crippen LogP contribution in [0.25, 0.3) is 0 Å². The lowest BCUT2D eigenvalue weighted by molar-refractivity contribution is 0.277. The van der Waals surface area contributed by atoms with Crippen LogP contribution in [0.3, 0.4) is 0 Å². The van der Waals surface area contributed by atoms with Crippen molar-refractivity contribution < 1.29 is 0 Å². The van der Waals surface area contributed by atoms with E-state index in [4.69, 9.17) is 5.73 Å². The lowest BCUT2D eigenvalue weighted by Crippen LogP contribution is -2.42. The minimum Gasteiger partial charge on any atom is -0.370 e. The van der Waals surface area contributed by atoms with E-state index in [2.05, 4.69) is 28.7 Å². The molecule has 0 aliphatic carbocycles. The van der Waals surface area contributed by atoms with E-state index in [1.165, 1.54) is 17.7 Å². The molecule has 0 unspecified atom stereocenters. The van der Waals surface area contributed by atoms with Gasteiger partial charge < -0.3 is 10.6 Å². The second-order valence-electron chi connectivity index (χ2n) is 4.71. The van der Waals surface area contributed by atoms with E-state index < -0.39 is 0 Å². The summed E-state index contributed by atoms with van der Waals surface area (Å²) in [5.41, 5.74) is 6.00. The Balaban J connectivity index is 0.00000162. The summed E-state index contributed by atoms with van der Waals surface area (Å²) >= 11 is 1.68. The SMILES string of the molecule is Cc1cnc(CN=C(N)N2CCC(C)CC2)s1.I. The molecule has 0 saturated carbocycles. The Hall–Kier alpha value is -0.370. The molecule has 102 valence electrons. The Kier molecular flexibility index (Phi) is 6.34. The van der Waals surface area contributed by atoms with Crippen molar-refractivity contribution in [1.82, 2.24) is 9.88 Å². The molecule has 1 saturated heterocycles. The van der Waals surface area contributed by atoms with Crippen LogP contribution in [0.1, 0.15) is 29.7 Å². The Morgan fingerprint density at radius 3 is 2.78 bits per heavy atom. The maximum atomic E-state index is 6.00. The van der Waals surface area contributed by atoms with Gasteiger partial charge in [0.1, 0.15) is 5.01 Å². The van der Waals surface area contributed by atoms with Crippen LogP contribution in [0, 0.1) is 12.8 Å². The maximum absolute atomic E-state index is 6.00. The van der Waals surface area contributed by atoms with E-state index in [0.717, 1.165) is 24.0 Å². The fourth-order valence-corrected chi connectivity index (χ4v) is 2.67. The number of nitrogens with two attached hydrogens (primary N) is 1. The molecule has 18 heavy (non-hydrogen) atoms. The van der Waals surface area contributed by atoms with Crippen LogP contribution in [0.2, 0.25) is 0 Å². The smallest absolute Gasteiger partial charge is 0.191 e. The van der Waals surface area contributed by atoms with E-state index in [0.29, 0.717) is 12.5 Å². The average molecular weight is 380 g/mol. The Labute approximate surface area is 130 Å². The summed E-state index contributed by atoms with van der Waals surface area (Å²) in [6.07, 6.45) is 4.31. The summed E-state index contributed by atoms with van der Waals surface area (Å²) in [5, 5.41) is 1.04. The highest BCUT2D eigenvalue weighted by Gasteiger charge is 2.16. The minimum absolute atomic E-state index is 0. The number of rotatable bonds is 2. The molecule has 0 atom stereocenters. The van der Waals surface area contributed by atoms with Gasteiger partial charge in [-0.05, 0) is 25.7 Å². The van der Waals surface area contributed by atoms with Gasteiger partial charge in [-0.2, -0.15) is 0 Å². The Morgan fingerprint density at radius 1 is 1.56 bits per heavy atom. The molecule has 0 bridgehead atoms. The highest BCUT2D eigenvalue weighted by molar-refractivity contribution is 14.0. The molecule has 0 radical (unpaired) electrons. The van der Waals surface area contributed by atoms with Gasteiger partial charge >= 0.3 is 0 Å². The molecule has 1 aliphatic heterocycles. The van der Waals surface area contributed by atoms with Gasteiger partial charge in [-0.25, -0.2) is 9.98 Å². The molecule has 2 N–H and O–H groups in total. The predicted octanol–water partition coefficient (Wildman–Crippen LogP) is 2.62. The lowest BCUT2D eigenvalue weighted by Gasteiger charge is -2.30. The van der Waals surface area contributed by atoms with E-state index in [1.54, 1.807) is 11.3 Å². The molecule has 0 aromatic carbocycles. The molecule has 0 amide bonds. The number of aliphatic imine (C=N–C) groups is 1. The number of likely N-dealkylation sites (tertiary alicyclic amines) is 1. The number of halogens is 1. The average Bonchev–Trinajstić information content (AvgIpc) is 2.73. The predicted molar refractivity (Wildman–Crippen MR) is 87.6 cm³/mol. The maximum Gasteiger partial charge on any atom is 0.191 e. The molecule has 1 aromatic heterocycles. The van der Waals surface area contributed by atoms with Crippen molar-refractivity contribution in [2.24, 2.45) is 16.6 Å². The molecule has 4 nitrogen and oxygen atoms in total. The minimum atomic E-state index is 0. The summed E-state index contributed by atoms with van der Waals surface area (Å²) in [6.45, 7) is 7.03. The lowest BCUT2D eigenvalue weighted by atomic mass is 10.00. The largest absolute Gasteiger partial charge is 0.370 e. The van der Waals surface area contributed by atoms with Gasteiger partial charge in [0.15, 0.2) is 5.96 Å². The molecular formula is C12H21IN4S. The number of nitrogens with zero attached hydrogens (tertiary/aromatic N) is 3. The molecule has 6 heteroatoms. The first kappa shape index (κ1) is 15.7. The monoisotopic (exact) mass is 380 g/mol. The van der Waals surface area contributed by atoms with E-state index >= 15 is 0 Å². The van der Waals surface area contributed by atoms with E-state index in [9.17, 15) is 0 Å². The van der Waals surface area contributed by atoms with Gasteiger partial charge in [-0.15, -0.1) is 35.3 Å². The van der Waals surface area contributed by atoms with Crippen molar-refractivity contribution >= 4 is 41.3 Å². The van der Waals surface area contributed by atoms with Gasteiger partial charge in [0.25, 0.3) is 0 Å². The third-order valence-electron chi connectivity index (χ3n) is 3.15. The van der Waals surface area contributed by atoms with Gasteiger partial charge in [0.2, 0.25) is 0 Å². The van der Waals surface area contributed by atoms with Crippen molar-refractivity contribution in [2.45, 2.75) is 33.2 Å². The molecule has 2 rings (SSSR count). The highest BCUT2D eigenvalue weighted by Crippen LogP contribution is 2.16. The number of hydrogen-bond acceptors (Lipinski definition) is 3. The summed E-state index contributed by atoms with van der Waals surface area (Å²) in [6, 6.07) is 0. The molecule has 1 fully saturated rings. The number of aryl methyl sites for hydroxylation is 1. The fraction of sp³-hybridized carbons (Fsp3) is 0.667. The number of thiazole rings is 1. The first-order valence-electron chi connectivity index (χ1n) is 6.11. The van der Waals surface area contributed by atoms with Gasteiger partial charge in [-0.3, -0.25) is 0 Å². The zero-order valence-electron chi connectivity index (χ0n) is 10.9. The van der Waals surface area contributed by atoms with Crippen molar-refractivity contribution in [3.05, 3.63) is 16.1 Å². The molecular weight excluding hydrogens is 359 g/mol. The van der Waals surface area contributed by atoms with Crippen LogP contribution >= 0.6 is 35.3 Å². The van der Waals surface area contributed by atoms with E-state index in [1.807, 2.05) is 6.20 Å². The fourth-order valence-electron chi connectivity index (χ4n) is 1.96. The molecule has 1 aliphatic rings. The third kappa shape index (κ3) is 4.38. The van der Waals surface area contributed by atoms with Crippen LogP contribution in [-0.2, 0) is 6.54 Å². The number of aromatic nitrogens is 1. The standard InChI is InChI=1S/C12H20N4S.HI/c1-9-3-5-16(6-4-9)12(13)15-8-11-14-7-10(2)17-11;/h7,9H,3-6,8H2,1-2H3,(H2,13,15);1H. The Morgan fingerprint density at radius 2 is 2.22 bits per heavy atom. The quantitative estimate of drug-likeness (QED) is 0.488. The zero-order valence-corrected chi connectivity index (χ0v) is 14.1. The summed E-state index contributed by atoms with van der Waals surface area (Å²) in [5.74, 6) is 1.49. The Bertz CT molecular complexity index is 397. The second kappa shape index (κ2) is 7.28. The van der Waals surface area contributed by atoms with Crippen LogP contribution in [0.4, 0.5) is 0 Å². The van der Waals surface area contributed by atoms with Crippen molar-refractivity contribution in [2.75, 3.05) is 13.1 Å². The summed E-state index contributed by atoms with van der Waals surface area (Å²) in [7, 11) is 0. The van der Waals surface area contributed by atoms with Gasteiger partial charge in [0, 0.05) is 24.2 Å². The molecule has 1 aromatic rings. The van der Waals surface area contributed by atoms with Crippen LogP contribution in [-0.4, -0.2) is 28.9 Å². The van der Waals surface area contributed by atoms with E-state index in [-0.39, 0.29) is 24.0 Å². The number of guanidine groups is 1. The second-order valence-corrected chi connectivity index (χ2v) is 6.03. The zero-order chi connectivity index (χ0) is 12.3. The first-order valence-corrected chi connectivity index (χ1v) is 6.93. The highest BCUT2D eigenvalue weighted by atomic mass is 127. The first-order chi connectivity index (χ1) is 8.15. The van der Waals surface area contributed by atoms with Crippen LogP contribution < -0.4 is 5.73 Å². The third-order valence-corrected chi connectivity index (χ3v) is 4.05. The summed E-state index contributed by atoms with van der Waals surface area (Å²) in [4.78, 5) is 12.1. The normalized spacial score (nSPS) is 17.7. The molecule has 0 spiro atoms. The van der Waals surface area contributed by atoms with Crippen molar-refractivity contribution in [3.8, 4) is 0 Å². The molecule has 2 heterocycles. The van der Waals surface area contributed by atoms with Crippen molar-refractivity contribution in [3.63, 3.8) is 0 Å². The topological polar surface area (TPSA) is 54.5 Å². The summed E-state index contributed by atoms with van der Waals surface area (Å²) < 4.78 is 0. The van der Waals surface area contributed by atoms with Gasteiger partial charge in [-0.1, -0.05) is 6.92 Å². The van der Waals surface area contributed by atoms with Crippen LogP contribution in [0.15, 0.2) is 11.2 Å². The number of piperidine rings is 1. The van der Waals surface area contributed by atoms with Crippen LogP contribution in [0.5, 0.6) is 0 Å². The number of hydrogen-bond donors (Lipinski definition) is 1. The van der Waals surface area contributed by atoms with Gasteiger partial charge in [0.05, 0.1) is 6.54 Å². The van der Waals surface area contributed by atoms with Crippen molar-refractivity contribution in [1.29, 1.82) is 0 Å².